The van der Waals surface area contributed by atoms with E-state index in [0.717, 1.165) is 0 Å². The third-order valence-electron chi connectivity index (χ3n) is 18.9. The molecule has 0 aromatic heterocycles. The molecule has 0 aliphatic heterocycles. The zero-order chi connectivity index (χ0) is 73.6. The topological polar surface area (TPSA) is 34.1 Å². The summed E-state index contributed by atoms with van der Waals surface area (Å²) >= 11 is 0. The summed E-state index contributed by atoms with van der Waals surface area (Å²) in [7, 11) is 0. The fraction of sp³-hybridized carbons (Fsp3) is 0.0204. The number of hydrogen-bond donors (Lipinski definition) is 0. The van der Waals surface area contributed by atoms with Crippen LogP contribution in [-0.2, 0) is 15.0 Å². The molecule has 107 heavy (non-hydrogen) atoms. The third kappa shape index (κ3) is 14.2. The summed E-state index contributed by atoms with van der Waals surface area (Å²) in [4.78, 5) is 31.6. The van der Waals surface area contributed by atoms with Gasteiger partial charge >= 0.3 is 6.18 Å². The quantitative estimate of drug-likeness (QED) is 0.0735. The molecule has 9 heteroatoms. The molecule has 15 rings (SSSR count). The van der Waals surface area contributed by atoms with Crippen LogP contribution in [0.25, 0.3) is 44.6 Å². The molecular weight excluding hydrogens is 1340 g/mol. The highest BCUT2D eigenvalue weighted by Gasteiger charge is 2.58. The molecule has 0 fully saturated rings. The van der Waals surface area contributed by atoms with Gasteiger partial charge in [0.05, 0.1) is 0 Å². The first-order chi connectivity index (χ1) is 52.1. The standard InChI is InChI=1S/C98H55F7O2/c99-83-56-32-68(33-57-83)20-16-64-24-40-76(41-25-64)91-87(72-10-4-1-5-11-72)89(93(95(91)106)78-44-28-66(29-45-78)18-22-70-36-60-85(101)61-37-70)74-48-52-81(53-49-74)97(98(103,104)105,80-14-8-3-9-15-80)82-54-50-75(51-55-82)90-88(73-12-6-2-7-13-73)92(77-42-26-65(27-43-77)17-21-69-34-58-84(100)59-35-69)96(107)94(90)79-46-30-67(31-47-79)19-23-71-38-62-86(102)63-39-71/h1-15,24-63H. The lowest BCUT2D eigenvalue weighted by Gasteiger charge is -2.38. The minimum atomic E-state index is -5.02. The fourth-order valence-corrected chi connectivity index (χ4v) is 13.7. The van der Waals surface area contributed by atoms with Crippen LogP contribution in [0.5, 0.6) is 0 Å². The Kier molecular flexibility index (Phi) is 19.1. The van der Waals surface area contributed by atoms with Gasteiger partial charge < -0.3 is 0 Å². The molecule has 0 heterocycles. The van der Waals surface area contributed by atoms with Crippen LogP contribution >= 0.6 is 0 Å². The maximum absolute atomic E-state index is 17.5. The van der Waals surface area contributed by atoms with Crippen LogP contribution in [0.2, 0.25) is 0 Å². The number of Topliss-reactive ketones (excluding diaryl/α,β-unsaturated/α-hetero) is 2. The Hall–Kier alpha value is -14.1. The van der Waals surface area contributed by atoms with Gasteiger partial charge in [-0.15, -0.1) is 0 Å². The Morgan fingerprint density at radius 2 is 0.355 bits per heavy atom. The molecule has 0 radical (unpaired) electrons. The SMILES string of the molecule is O=C1C(c2ccc(C#Cc3ccc(F)cc3)cc2)=C(c2ccccc2)C(c2ccc(C(c3ccccc3)(c3ccc(C4=C(c5ccc(C#Cc6ccc(F)cc6)cc5)C(=O)C(c5ccc(C#Cc6ccc(F)cc6)cc5)=C4c4ccccc4)cc3)C(F)(F)F)cc2)=C1c1ccc(C#Cc2ccc(F)cc2)cc1. The van der Waals surface area contributed by atoms with Crippen LogP contribution in [0.3, 0.4) is 0 Å². The number of benzene rings is 13. The summed E-state index contributed by atoms with van der Waals surface area (Å²) in [6.45, 7) is 0. The van der Waals surface area contributed by atoms with Crippen molar-refractivity contribution in [1.82, 2.24) is 0 Å². The molecule has 0 spiro atoms. The molecule has 0 amide bonds. The molecule has 2 nitrogen and oxygen atoms in total. The zero-order valence-corrected chi connectivity index (χ0v) is 56.7. The van der Waals surface area contributed by atoms with Crippen molar-refractivity contribution >= 4 is 56.2 Å². The molecule has 2 aliphatic carbocycles. The zero-order valence-electron chi connectivity index (χ0n) is 56.7. The second-order valence-electron chi connectivity index (χ2n) is 25.5. The lowest BCUT2D eigenvalue weighted by Crippen LogP contribution is -2.44. The van der Waals surface area contributed by atoms with Gasteiger partial charge in [-0.3, -0.25) is 9.59 Å². The van der Waals surface area contributed by atoms with Crippen molar-refractivity contribution in [2.75, 3.05) is 0 Å². The van der Waals surface area contributed by atoms with Crippen molar-refractivity contribution in [3.8, 4) is 47.4 Å². The van der Waals surface area contributed by atoms with E-state index in [9.17, 15) is 17.6 Å². The number of alkyl halides is 3. The number of carbonyl (C=O) groups is 2. The number of carbonyl (C=O) groups excluding carboxylic acids is 2. The van der Waals surface area contributed by atoms with E-state index < -0.39 is 23.2 Å². The Labute approximate surface area is 614 Å². The molecule has 508 valence electrons. The van der Waals surface area contributed by atoms with Gasteiger partial charge in [-0.2, -0.15) is 13.2 Å². The van der Waals surface area contributed by atoms with Crippen molar-refractivity contribution in [2.45, 2.75) is 11.6 Å². The van der Waals surface area contributed by atoms with Crippen molar-refractivity contribution in [1.29, 1.82) is 0 Å². The molecule has 13 aromatic rings. The number of hydrogen-bond acceptors (Lipinski definition) is 2. The molecule has 0 saturated carbocycles. The Morgan fingerprint density at radius 1 is 0.187 bits per heavy atom. The summed E-state index contributed by atoms with van der Waals surface area (Å²) in [5, 5.41) is 0. The average Bonchev–Trinajstić information content (AvgIpc) is 1.06. The Bertz CT molecular complexity index is 5640. The number of ketones is 2. The second-order valence-corrected chi connectivity index (χ2v) is 25.5. The van der Waals surface area contributed by atoms with Crippen molar-refractivity contribution in [3.05, 3.63) is 463 Å². The highest BCUT2D eigenvalue weighted by atomic mass is 19.4. The molecule has 0 bridgehead atoms. The first-order valence-electron chi connectivity index (χ1n) is 34.2. The molecule has 0 N–H and O–H groups in total. The highest BCUT2D eigenvalue weighted by molar-refractivity contribution is 6.60. The summed E-state index contributed by atoms with van der Waals surface area (Å²) in [6, 6.07) is 91.0. The normalized spacial score (nSPS) is 12.8. The van der Waals surface area contributed by atoms with Gasteiger partial charge in [0, 0.05) is 89.1 Å². The van der Waals surface area contributed by atoms with Gasteiger partial charge in [0.25, 0.3) is 0 Å². The average molecular weight is 1400 g/mol. The summed E-state index contributed by atoms with van der Waals surface area (Å²) in [6.07, 6.45) is -5.02. The van der Waals surface area contributed by atoms with Crippen LogP contribution in [0, 0.1) is 70.6 Å². The number of rotatable bonds is 11. The first kappa shape index (κ1) is 68.7. The van der Waals surface area contributed by atoms with Gasteiger partial charge in [0.15, 0.2) is 11.6 Å². The van der Waals surface area contributed by atoms with E-state index in [1.54, 1.807) is 164 Å². The monoisotopic (exact) mass is 1400 g/mol. The van der Waals surface area contributed by atoms with E-state index in [4.69, 9.17) is 0 Å². The Balaban J connectivity index is 0.874. The van der Waals surface area contributed by atoms with Crippen molar-refractivity contribution in [3.63, 3.8) is 0 Å². The first-order valence-corrected chi connectivity index (χ1v) is 34.2. The molecule has 0 atom stereocenters. The van der Waals surface area contributed by atoms with E-state index in [1.807, 2.05) is 84.9 Å². The predicted molar refractivity (Wildman–Crippen MR) is 411 cm³/mol. The minimum absolute atomic E-state index is 0.0685. The molecule has 2 aliphatic rings. The van der Waals surface area contributed by atoms with Gasteiger partial charge in [-0.25, -0.2) is 17.6 Å². The van der Waals surface area contributed by atoms with Crippen LogP contribution in [0.15, 0.2) is 334 Å². The summed E-state index contributed by atoms with van der Waals surface area (Å²) < 4.78 is 108. The van der Waals surface area contributed by atoms with E-state index >= 15 is 22.8 Å². The Morgan fingerprint density at radius 3 is 0.570 bits per heavy atom. The fourth-order valence-electron chi connectivity index (χ4n) is 13.7. The van der Waals surface area contributed by atoms with Gasteiger partial charge in [0.2, 0.25) is 0 Å². The summed E-state index contributed by atoms with van der Waals surface area (Å²) in [5.74, 6) is 22.6. The van der Waals surface area contributed by atoms with Gasteiger partial charge in [-0.1, -0.05) is 235 Å². The maximum Gasteiger partial charge on any atom is 0.406 e. The van der Waals surface area contributed by atoms with Crippen molar-refractivity contribution in [2.24, 2.45) is 0 Å². The predicted octanol–water partition coefficient (Wildman–Crippen LogP) is 21.9. The second kappa shape index (κ2) is 29.7. The van der Waals surface area contributed by atoms with Crippen LogP contribution in [0.1, 0.15) is 106 Å². The van der Waals surface area contributed by atoms with Crippen LogP contribution < -0.4 is 0 Å². The van der Waals surface area contributed by atoms with E-state index in [1.165, 1.54) is 84.9 Å². The van der Waals surface area contributed by atoms with Gasteiger partial charge in [-0.05, 0) is 207 Å². The van der Waals surface area contributed by atoms with E-state index in [-0.39, 0.29) is 39.9 Å². The lowest BCUT2D eigenvalue weighted by atomic mass is 9.68. The van der Waals surface area contributed by atoms with Gasteiger partial charge in [0.1, 0.15) is 28.7 Å². The number of allylic oxidation sites excluding steroid dienone is 8. The molecule has 0 saturated heterocycles. The van der Waals surface area contributed by atoms with Crippen LogP contribution in [0.4, 0.5) is 30.7 Å². The van der Waals surface area contributed by atoms with Crippen molar-refractivity contribution < 1.29 is 40.3 Å². The summed E-state index contributed by atoms with van der Waals surface area (Å²) in [5.41, 5.74) is 9.53. The molecule has 13 aromatic carbocycles. The highest BCUT2D eigenvalue weighted by Crippen LogP contribution is 2.55. The minimum Gasteiger partial charge on any atom is -0.289 e. The van der Waals surface area contributed by atoms with E-state index in [0.29, 0.717) is 134 Å². The maximum atomic E-state index is 17.5. The molecule has 0 unspecified atom stereocenters. The number of halogens is 7. The van der Waals surface area contributed by atoms with Crippen LogP contribution in [-0.4, -0.2) is 17.7 Å². The van der Waals surface area contributed by atoms with E-state index in [2.05, 4.69) is 47.4 Å². The molecular formula is C98H55F7O2. The lowest BCUT2D eigenvalue weighted by molar-refractivity contribution is -0.166. The third-order valence-corrected chi connectivity index (χ3v) is 18.9. The smallest absolute Gasteiger partial charge is 0.289 e. The largest absolute Gasteiger partial charge is 0.406 e.